The largest absolute Gasteiger partial charge is 0.493 e. The Hall–Kier alpha value is -2.87. The van der Waals surface area contributed by atoms with E-state index in [9.17, 15) is 4.79 Å². The summed E-state index contributed by atoms with van der Waals surface area (Å²) in [6.07, 6.45) is 1.51. The van der Waals surface area contributed by atoms with Gasteiger partial charge in [0.2, 0.25) is 0 Å². The molecule has 1 aromatic heterocycles. The quantitative estimate of drug-likeness (QED) is 0.620. The number of rotatable bonds is 3. The van der Waals surface area contributed by atoms with Crippen LogP contribution in [-0.2, 0) is 0 Å². The minimum Gasteiger partial charge on any atom is -0.493 e. The van der Waals surface area contributed by atoms with Gasteiger partial charge in [-0.2, -0.15) is 5.26 Å². The molecule has 0 N–H and O–H groups in total. The van der Waals surface area contributed by atoms with Gasteiger partial charge in [0.15, 0.2) is 11.5 Å². The molecule has 5 nitrogen and oxygen atoms in total. The molecular formula is C14H10N2O3. The van der Waals surface area contributed by atoms with Gasteiger partial charge in [-0.15, -0.1) is 0 Å². The van der Waals surface area contributed by atoms with Crippen LogP contribution in [0.25, 0.3) is 0 Å². The summed E-state index contributed by atoms with van der Waals surface area (Å²) in [7, 11) is 1.44. The minimum absolute atomic E-state index is 0.203. The zero-order valence-corrected chi connectivity index (χ0v) is 10.2. The highest BCUT2D eigenvalue weighted by atomic mass is 16.6. The van der Waals surface area contributed by atoms with Gasteiger partial charge in [0.05, 0.1) is 18.7 Å². The molecule has 0 saturated carbocycles. The fourth-order valence-electron chi connectivity index (χ4n) is 1.46. The fraction of sp³-hybridized carbons (Fsp3) is 0.0714. The number of esters is 1. The van der Waals surface area contributed by atoms with Crippen LogP contribution in [0.5, 0.6) is 11.5 Å². The maximum atomic E-state index is 11.8. The Kier molecular flexibility index (Phi) is 3.74. The first kappa shape index (κ1) is 12.6. The molecule has 0 aliphatic carbocycles. The average Bonchev–Trinajstić information content (AvgIpc) is 2.48. The molecule has 0 radical (unpaired) electrons. The van der Waals surface area contributed by atoms with Crippen LogP contribution in [0.2, 0.25) is 0 Å². The lowest BCUT2D eigenvalue weighted by molar-refractivity contribution is 0.0723. The van der Waals surface area contributed by atoms with Crippen molar-refractivity contribution >= 4 is 5.97 Å². The van der Waals surface area contributed by atoms with Crippen molar-refractivity contribution in [3.63, 3.8) is 0 Å². The Labute approximate surface area is 110 Å². The predicted molar refractivity (Wildman–Crippen MR) is 66.9 cm³/mol. The number of hydrogen-bond acceptors (Lipinski definition) is 5. The number of nitriles is 1. The Morgan fingerprint density at radius 2 is 2.11 bits per heavy atom. The summed E-state index contributed by atoms with van der Waals surface area (Å²) in [4.78, 5) is 15.7. The van der Waals surface area contributed by atoms with Crippen LogP contribution in [0.4, 0.5) is 0 Å². The monoisotopic (exact) mass is 254 g/mol. The topological polar surface area (TPSA) is 72.2 Å². The van der Waals surface area contributed by atoms with Crippen LogP contribution in [0, 0.1) is 11.3 Å². The van der Waals surface area contributed by atoms with E-state index in [1.165, 1.54) is 25.4 Å². The second-order valence-electron chi connectivity index (χ2n) is 3.58. The lowest BCUT2D eigenvalue weighted by Crippen LogP contribution is -2.10. The van der Waals surface area contributed by atoms with E-state index in [1.54, 1.807) is 24.3 Å². The van der Waals surface area contributed by atoms with E-state index in [1.807, 2.05) is 6.07 Å². The normalized spacial score (nSPS) is 9.47. The second kappa shape index (κ2) is 5.65. The molecule has 0 aliphatic heterocycles. The van der Waals surface area contributed by atoms with Gasteiger partial charge in [-0.25, -0.2) is 9.78 Å². The van der Waals surface area contributed by atoms with Crippen molar-refractivity contribution in [2.45, 2.75) is 0 Å². The molecule has 2 rings (SSSR count). The lowest BCUT2D eigenvalue weighted by atomic mass is 10.2. The smallest absolute Gasteiger partial charge is 0.362 e. The first-order valence-electron chi connectivity index (χ1n) is 5.46. The highest BCUT2D eigenvalue weighted by molar-refractivity contribution is 5.89. The molecule has 5 heteroatoms. The van der Waals surface area contributed by atoms with Crippen molar-refractivity contribution in [1.29, 1.82) is 5.26 Å². The molecule has 1 heterocycles. The molecule has 0 spiro atoms. The molecule has 0 unspecified atom stereocenters. The molecule has 19 heavy (non-hydrogen) atoms. The maximum absolute atomic E-state index is 11.8. The summed E-state index contributed by atoms with van der Waals surface area (Å²) in [5.41, 5.74) is 0.628. The first-order valence-corrected chi connectivity index (χ1v) is 5.46. The van der Waals surface area contributed by atoms with E-state index >= 15 is 0 Å². The van der Waals surface area contributed by atoms with Crippen molar-refractivity contribution < 1.29 is 14.3 Å². The number of nitrogens with zero attached hydrogens (tertiary/aromatic N) is 2. The fourth-order valence-corrected chi connectivity index (χ4v) is 1.46. The van der Waals surface area contributed by atoms with Gasteiger partial charge >= 0.3 is 5.97 Å². The van der Waals surface area contributed by atoms with Crippen LogP contribution in [0.15, 0.2) is 42.6 Å². The predicted octanol–water partition coefficient (Wildman–Crippen LogP) is 2.18. The van der Waals surface area contributed by atoms with E-state index in [-0.39, 0.29) is 11.4 Å². The summed E-state index contributed by atoms with van der Waals surface area (Å²) >= 11 is 0. The molecule has 0 aliphatic rings. The third kappa shape index (κ3) is 2.87. The second-order valence-corrected chi connectivity index (χ2v) is 3.58. The molecule has 0 fully saturated rings. The number of methoxy groups -OCH3 is 1. The summed E-state index contributed by atoms with van der Waals surface area (Å²) in [5, 5.41) is 8.79. The van der Waals surface area contributed by atoms with Crippen LogP contribution < -0.4 is 9.47 Å². The van der Waals surface area contributed by atoms with Gasteiger partial charge in [0, 0.05) is 12.3 Å². The molecule has 0 amide bonds. The molecule has 2 aromatic rings. The number of aromatic nitrogens is 1. The van der Waals surface area contributed by atoms with Gasteiger partial charge in [0.25, 0.3) is 0 Å². The van der Waals surface area contributed by atoms with Gasteiger partial charge in [-0.1, -0.05) is 6.07 Å². The zero-order chi connectivity index (χ0) is 13.7. The summed E-state index contributed by atoms with van der Waals surface area (Å²) in [6.45, 7) is 0. The summed E-state index contributed by atoms with van der Waals surface area (Å²) in [6, 6.07) is 11.5. The summed E-state index contributed by atoms with van der Waals surface area (Å²) in [5.74, 6) is -0.0101. The van der Waals surface area contributed by atoms with Crippen molar-refractivity contribution in [1.82, 2.24) is 4.98 Å². The van der Waals surface area contributed by atoms with E-state index in [0.29, 0.717) is 11.3 Å². The molecule has 94 valence electrons. The Bertz CT molecular complexity index is 633. The van der Waals surface area contributed by atoms with Gasteiger partial charge in [-0.05, 0) is 24.3 Å². The Morgan fingerprint density at radius 3 is 2.74 bits per heavy atom. The average molecular weight is 254 g/mol. The molecule has 1 aromatic carbocycles. The standard InChI is InChI=1S/C14H10N2O3/c1-18-13-8-10(9-15)5-6-12(13)19-14(17)11-4-2-3-7-16-11/h2-8H,1H3. The van der Waals surface area contributed by atoms with Crippen LogP contribution in [0.3, 0.4) is 0 Å². The van der Waals surface area contributed by atoms with Crippen molar-refractivity contribution in [2.75, 3.05) is 7.11 Å². The number of carbonyl (C=O) groups excluding carboxylic acids is 1. The Balaban J connectivity index is 2.24. The third-order valence-electron chi connectivity index (χ3n) is 2.37. The highest BCUT2D eigenvalue weighted by Gasteiger charge is 2.13. The van der Waals surface area contributed by atoms with Gasteiger partial charge < -0.3 is 9.47 Å². The maximum Gasteiger partial charge on any atom is 0.362 e. The van der Waals surface area contributed by atoms with Crippen molar-refractivity contribution in [3.8, 4) is 17.6 Å². The zero-order valence-electron chi connectivity index (χ0n) is 10.2. The molecule has 0 atom stereocenters. The van der Waals surface area contributed by atoms with E-state index < -0.39 is 5.97 Å². The first-order chi connectivity index (χ1) is 9.24. The number of benzene rings is 1. The number of ether oxygens (including phenoxy) is 2. The number of hydrogen-bond donors (Lipinski definition) is 0. The van der Waals surface area contributed by atoms with E-state index in [2.05, 4.69) is 4.98 Å². The number of carbonyl (C=O) groups is 1. The van der Waals surface area contributed by atoms with E-state index in [0.717, 1.165) is 0 Å². The van der Waals surface area contributed by atoms with Crippen LogP contribution >= 0.6 is 0 Å². The molecule has 0 saturated heterocycles. The van der Waals surface area contributed by atoms with E-state index in [4.69, 9.17) is 14.7 Å². The van der Waals surface area contributed by atoms with Crippen LogP contribution in [0.1, 0.15) is 16.1 Å². The SMILES string of the molecule is COc1cc(C#N)ccc1OC(=O)c1ccccn1. The summed E-state index contributed by atoms with van der Waals surface area (Å²) < 4.78 is 10.3. The number of pyridine rings is 1. The van der Waals surface area contributed by atoms with Gasteiger partial charge in [0.1, 0.15) is 5.69 Å². The van der Waals surface area contributed by atoms with Gasteiger partial charge in [-0.3, -0.25) is 0 Å². The van der Waals surface area contributed by atoms with Crippen molar-refractivity contribution in [2.24, 2.45) is 0 Å². The Morgan fingerprint density at radius 1 is 1.26 bits per heavy atom. The minimum atomic E-state index is -0.580. The highest BCUT2D eigenvalue weighted by Crippen LogP contribution is 2.28. The van der Waals surface area contributed by atoms with Crippen LogP contribution in [-0.4, -0.2) is 18.1 Å². The molecule has 0 bridgehead atoms. The molecular weight excluding hydrogens is 244 g/mol. The van der Waals surface area contributed by atoms with Crippen molar-refractivity contribution in [3.05, 3.63) is 53.9 Å². The lowest BCUT2D eigenvalue weighted by Gasteiger charge is -2.08. The third-order valence-corrected chi connectivity index (χ3v) is 2.37.